The van der Waals surface area contributed by atoms with E-state index in [1.165, 1.54) is 4.57 Å². The molecule has 1 aromatic heterocycles. The van der Waals surface area contributed by atoms with Crippen molar-refractivity contribution in [2.24, 2.45) is 0 Å². The third kappa shape index (κ3) is 19.2. The molecule has 0 fully saturated rings. The van der Waals surface area contributed by atoms with Crippen LogP contribution in [0.4, 0.5) is 15.4 Å². The van der Waals surface area contributed by atoms with Gasteiger partial charge in [0.05, 0.1) is 19.4 Å². The lowest BCUT2D eigenvalue weighted by atomic mass is 10.0. The van der Waals surface area contributed by atoms with Crippen LogP contribution < -0.4 is 10.6 Å². The second kappa shape index (κ2) is 22.3. The maximum atomic E-state index is 12.8. The number of aromatic nitrogens is 2. The summed E-state index contributed by atoms with van der Waals surface area (Å²) < 4.78 is 21.8. The molecule has 18 heteroatoms. The molecule has 2 atom stereocenters. The zero-order valence-corrected chi connectivity index (χ0v) is 33.1. The maximum absolute atomic E-state index is 12.8. The first-order chi connectivity index (χ1) is 26.6. The van der Waals surface area contributed by atoms with E-state index in [-0.39, 0.29) is 44.8 Å². The molecule has 57 heavy (non-hydrogen) atoms. The van der Waals surface area contributed by atoms with E-state index in [0.717, 1.165) is 17.3 Å². The van der Waals surface area contributed by atoms with Crippen LogP contribution in [-0.4, -0.2) is 78.7 Å². The number of carbonyl (C=O) groups excluding carboxylic acids is 5. The number of nitrogens with zero attached hydrogens (tertiary/aromatic N) is 3. The molecular weight excluding hydrogens is 746 g/mol. The Kier molecular flexibility index (Phi) is 18.3. The summed E-state index contributed by atoms with van der Waals surface area (Å²) in [7, 11) is 0. The van der Waals surface area contributed by atoms with Crippen molar-refractivity contribution < 1.29 is 57.7 Å². The number of imidazole rings is 1. The van der Waals surface area contributed by atoms with E-state index in [0.29, 0.717) is 5.82 Å². The quantitative estimate of drug-likeness (QED) is 0.0654. The van der Waals surface area contributed by atoms with Gasteiger partial charge in [-0.15, -0.1) is 0 Å². The van der Waals surface area contributed by atoms with Gasteiger partial charge in [0.2, 0.25) is 0 Å². The van der Waals surface area contributed by atoms with Crippen molar-refractivity contribution in [2.45, 2.75) is 117 Å². The smallest absolute Gasteiger partial charge is 0.408 e. The van der Waals surface area contributed by atoms with Crippen LogP contribution in [-0.2, 0) is 57.9 Å². The van der Waals surface area contributed by atoms with Gasteiger partial charge in [0.25, 0.3) is 0 Å². The van der Waals surface area contributed by atoms with Gasteiger partial charge in [-0.25, -0.2) is 23.9 Å². The predicted octanol–water partition coefficient (Wildman–Crippen LogP) is 5.57. The van der Waals surface area contributed by atoms with Gasteiger partial charge in [0, 0.05) is 13.3 Å². The van der Waals surface area contributed by atoms with Crippen LogP contribution in [0, 0.1) is 17.0 Å². The molecule has 0 saturated carbocycles. The van der Waals surface area contributed by atoms with Crippen molar-refractivity contribution in [1.29, 1.82) is 0 Å². The normalized spacial score (nSPS) is 12.1. The molecule has 0 bridgehead atoms. The highest BCUT2D eigenvalue weighted by Gasteiger charge is 2.29. The van der Waals surface area contributed by atoms with Crippen LogP contribution in [0.3, 0.4) is 0 Å². The fourth-order valence-electron chi connectivity index (χ4n) is 4.74. The molecule has 0 aliphatic carbocycles. The van der Waals surface area contributed by atoms with E-state index < -0.39 is 70.5 Å². The Morgan fingerprint density at radius 3 is 1.63 bits per heavy atom. The number of benzene rings is 2. The number of carboxylic acid groups (broad SMARTS) is 1. The second-order valence-electron chi connectivity index (χ2n) is 14.6. The number of ketones is 1. The number of alkyl carbamates (subject to hydrolysis) is 2. The fourth-order valence-corrected chi connectivity index (χ4v) is 4.74. The Balaban J connectivity index is 0.000000425. The minimum Gasteiger partial charge on any atom is -0.480 e. The molecule has 0 spiro atoms. The minimum absolute atomic E-state index is 0.0266. The summed E-state index contributed by atoms with van der Waals surface area (Å²) in [5.74, 6) is -2.85. The average molecular weight is 798 g/mol. The van der Waals surface area contributed by atoms with Crippen LogP contribution in [0.5, 0.6) is 0 Å². The number of rotatable bonds is 17. The lowest BCUT2D eigenvalue weighted by Gasteiger charge is -2.23. The number of carbonyl (C=O) groups is 6. The summed E-state index contributed by atoms with van der Waals surface area (Å²) in [6.45, 7) is 11.9. The SMILES string of the molecule is CC(C)(C)OC(=O)NC(CC(=O)OCc1ccccc1)C(=O)O.Cc1ncc([N+](=O)[O-])n1CCCC(=O)C(CC(=O)OCc1ccccc1)NC(=O)OC(C)(C)C. The third-order valence-corrected chi connectivity index (χ3v) is 7.32. The number of nitro groups is 1. The molecule has 310 valence electrons. The molecule has 0 radical (unpaired) electrons. The van der Waals surface area contributed by atoms with Gasteiger partial charge in [-0.05, 0) is 64.0 Å². The number of aliphatic carboxylic acids is 1. The Labute approximate surface area is 330 Å². The lowest BCUT2D eigenvalue weighted by Crippen LogP contribution is -2.44. The lowest BCUT2D eigenvalue weighted by molar-refractivity contribution is -0.392. The highest BCUT2D eigenvalue weighted by atomic mass is 16.6. The zero-order valence-electron chi connectivity index (χ0n) is 33.1. The van der Waals surface area contributed by atoms with E-state index in [1.54, 1.807) is 84.9 Å². The maximum Gasteiger partial charge on any atom is 0.408 e. The van der Waals surface area contributed by atoms with Gasteiger partial charge >= 0.3 is 35.9 Å². The van der Waals surface area contributed by atoms with Crippen molar-refractivity contribution in [2.75, 3.05) is 0 Å². The molecule has 2 aromatic carbocycles. The van der Waals surface area contributed by atoms with E-state index in [9.17, 15) is 38.9 Å². The summed E-state index contributed by atoms with van der Waals surface area (Å²) in [5, 5.41) is 24.8. The summed E-state index contributed by atoms with van der Waals surface area (Å²) in [4.78, 5) is 86.4. The van der Waals surface area contributed by atoms with Gasteiger partial charge in [-0.1, -0.05) is 60.7 Å². The highest BCUT2D eigenvalue weighted by Crippen LogP contribution is 2.16. The van der Waals surface area contributed by atoms with E-state index in [2.05, 4.69) is 15.6 Å². The van der Waals surface area contributed by atoms with E-state index >= 15 is 0 Å². The highest BCUT2D eigenvalue weighted by molar-refractivity contribution is 5.91. The third-order valence-electron chi connectivity index (χ3n) is 7.32. The van der Waals surface area contributed by atoms with Gasteiger partial charge in [0.15, 0.2) is 11.6 Å². The van der Waals surface area contributed by atoms with Crippen LogP contribution >= 0.6 is 0 Å². The first-order valence-electron chi connectivity index (χ1n) is 17.9. The van der Waals surface area contributed by atoms with Gasteiger partial charge in [0.1, 0.15) is 42.7 Å². The largest absolute Gasteiger partial charge is 0.480 e. The molecule has 3 rings (SSSR count). The zero-order chi connectivity index (χ0) is 42.8. The van der Waals surface area contributed by atoms with E-state index in [4.69, 9.17) is 24.1 Å². The summed E-state index contributed by atoms with van der Waals surface area (Å²) in [6, 6.07) is 15.5. The molecule has 3 aromatic rings. The number of hydrogen-bond donors (Lipinski definition) is 3. The van der Waals surface area contributed by atoms with Crippen LogP contribution in [0.1, 0.15) is 84.2 Å². The van der Waals surface area contributed by atoms with Crippen LogP contribution in [0.25, 0.3) is 0 Å². The van der Waals surface area contributed by atoms with Crippen molar-refractivity contribution in [3.05, 3.63) is 93.9 Å². The summed E-state index contributed by atoms with van der Waals surface area (Å²) in [5.41, 5.74) is 0.0219. The Morgan fingerprint density at radius 1 is 0.772 bits per heavy atom. The summed E-state index contributed by atoms with van der Waals surface area (Å²) in [6.07, 6.45) is -1.20. The Bertz CT molecular complexity index is 1820. The molecule has 18 nitrogen and oxygen atoms in total. The monoisotopic (exact) mass is 797 g/mol. The molecule has 3 N–H and O–H groups in total. The Hall–Kier alpha value is -6.33. The number of amides is 2. The first kappa shape index (κ1) is 46.8. The number of ether oxygens (including phenoxy) is 4. The average Bonchev–Trinajstić information content (AvgIpc) is 3.48. The number of aryl methyl sites for hydroxylation is 1. The van der Waals surface area contributed by atoms with Crippen molar-refractivity contribution >= 4 is 41.7 Å². The summed E-state index contributed by atoms with van der Waals surface area (Å²) >= 11 is 0. The van der Waals surface area contributed by atoms with Gasteiger partial charge in [-0.3, -0.25) is 14.4 Å². The number of nitrogens with one attached hydrogen (secondary N) is 2. The molecular formula is C39H51N5O13. The second-order valence-corrected chi connectivity index (χ2v) is 14.6. The number of carboxylic acids is 1. The van der Waals surface area contributed by atoms with E-state index in [1.807, 2.05) is 24.3 Å². The molecule has 0 aliphatic rings. The first-order valence-corrected chi connectivity index (χ1v) is 17.9. The fraction of sp³-hybridized carbons (Fsp3) is 0.462. The molecule has 0 aliphatic heterocycles. The molecule has 2 amide bonds. The molecule has 2 unspecified atom stereocenters. The van der Waals surface area contributed by atoms with Crippen molar-refractivity contribution in [3.63, 3.8) is 0 Å². The van der Waals surface area contributed by atoms with Crippen molar-refractivity contribution in [3.8, 4) is 0 Å². The predicted molar refractivity (Wildman–Crippen MR) is 204 cm³/mol. The molecule has 1 heterocycles. The number of Topliss-reactive ketones (excluding diaryl/α,β-unsaturated/α-hetero) is 1. The Morgan fingerprint density at radius 2 is 1.21 bits per heavy atom. The minimum atomic E-state index is -1.41. The van der Waals surface area contributed by atoms with Gasteiger partial charge in [-0.2, -0.15) is 0 Å². The molecule has 0 saturated heterocycles. The van der Waals surface area contributed by atoms with Crippen LogP contribution in [0.2, 0.25) is 0 Å². The topological polar surface area (TPSA) is 245 Å². The van der Waals surface area contributed by atoms with Gasteiger partial charge < -0.3 is 44.8 Å². The number of hydrogen-bond acceptors (Lipinski definition) is 13. The number of esters is 2. The van der Waals surface area contributed by atoms with Crippen molar-refractivity contribution in [1.82, 2.24) is 20.2 Å². The standard InChI is InChI=1S/C23H30N4O7.C16H21NO6/c1-16-24-14-20(27(31)32)26(16)12-8-11-19(28)18(25-22(30)34-23(2,3)4)13-21(29)33-15-17-9-6-5-7-10-17;1-16(2,3)23-15(21)17-12(14(19)20)9-13(18)22-10-11-7-5-4-6-8-11/h5-7,9-10,14,18H,8,11-13,15H2,1-4H3,(H,25,30);4-8,12H,9-10H2,1-3H3,(H,17,21)(H,19,20). The van der Waals surface area contributed by atoms with Crippen LogP contribution in [0.15, 0.2) is 66.9 Å².